The lowest BCUT2D eigenvalue weighted by Gasteiger charge is -1.92. The molecule has 1 aromatic rings. The summed E-state index contributed by atoms with van der Waals surface area (Å²) in [4.78, 5) is 3.95. The van der Waals surface area contributed by atoms with Gasteiger partial charge in [-0.2, -0.15) is 0 Å². The van der Waals surface area contributed by atoms with Crippen molar-refractivity contribution in [2.24, 2.45) is 0 Å². The molecule has 0 spiro atoms. The molecule has 1 heterocycles. The van der Waals surface area contributed by atoms with Gasteiger partial charge in [-0.1, -0.05) is 41.5 Å². The molecular formula is C13H27N. The molecule has 0 aromatic carbocycles. The Morgan fingerprint density at radius 2 is 1.21 bits per heavy atom. The second-order valence-electron chi connectivity index (χ2n) is 1.96. The molecule has 0 bridgehead atoms. The second kappa shape index (κ2) is 18.0. The van der Waals surface area contributed by atoms with Crippen LogP contribution in [0.3, 0.4) is 0 Å². The molecule has 0 atom stereocenters. The van der Waals surface area contributed by atoms with Crippen LogP contribution in [0.25, 0.3) is 0 Å². The summed E-state index contributed by atoms with van der Waals surface area (Å²) >= 11 is 0. The number of aromatic nitrogens is 1. The van der Waals surface area contributed by atoms with Crippen LogP contribution in [0.2, 0.25) is 0 Å². The fraction of sp³-hybridized carbons (Fsp3) is 0.615. The number of hydrogen-bond acceptors (Lipinski definition) is 1. The Morgan fingerprint density at radius 3 is 1.43 bits per heavy atom. The summed E-state index contributed by atoms with van der Waals surface area (Å²) in [6.45, 7) is 16.1. The highest BCUT2D eigenvalue weighted by Crippen LogP contribution is 2.00. The molecule has 0 unspecified atom stereocenters. The Balaban J connectivity index is -0.000000174. The number of pyridine rings is 1. The van der Waals surface area contributed by atoms with E-state index < -0.39 is 0 Å². The van der Waals surface area contributed by atoms with Gasteiger partial charge >= 0.3 is 0 Å². The molecule has 0 aliphatic carbocycles. The molecule has 84 valence electrons. The molecular weight excluding hydrogens is 170 g/mol. The number of aryl methyl sites for hydroxylation is 2. The third kappa shape index (κ3) is 11.2. The van der Waals surface area contributed by atoms with Crippen molar-refractivity contribution < 1.29 is 0 Å². The van der Waals surface area contributed by atoms with E-state index in [0.717, 1.165) is 0 Å². The summed E-state index contributed by atoms with van der Waals surface area (Å²) in [5, 5.41) is 0. The zero-order chi connectivity index (χ0) is 12.0. The van der Waals surface area contributed by atoms with E-state index in [-0.39, 0.29) is 0 Å². The van der Waals surface area contributed by atoms with E-state index in [1.54, 1.807) is 0 Å². The van der Waals surface area contributed by atoms with E-state index in [4.69, 9.17) is 0 Å². The van der Waals surface area contributed by atoms with Gasteiger partial charge in [0.15, 0.2) is 0 Å². The largest absolute Gasteiger partial charge is 0.264 e. The van der Waals surface area contributed by atoms with Crippen molar-refractivity contribution in [1.29, 1.82) is 0 Å². The van der Waals surface area contributed by atoms with Crippen LogP contribution in [0.4, 0.5) is 0 Å². The topological polar surface area (TPSA) is 12.9 Å². The molecule has 1 heteroatoms. The first-order valence-electron chi connectivity index (χ1n) is 5.68. The predicted molar refractivity (Wildman–Crippen MR) is 67.8 cm³/mol. The quantitative estimate of drug-likeness (QED) is 0.583. The molecule has 1 nitrogen and oxygen atoms in total. The fourth-order valence-corrected chi connectivity index (χ4v) is 0.543. The van der Waals surface area contributed by atoms with E-state index in [1.165, 1.54) is 11.1 Å². The van der Waals surface area contributed by atoms with E-state index in [2.05, 4.69) is 18.8 Å². The molecule has 14 heavy (non-hydrogen) atoms. The monoisotopic (exact) mass is 197 g/mol. The average molecular weight is 197 g/mol. The van der Waals surface area contributed by atoms with Gasteiger partial charge in [0.05, 0.1) is 0 Å². The van der Waals surface area contributed by atoms with Crippen molar-refractivity contribution in [2.45, 2.75) is 55.4 Å². The van der Waals surface area contributed by atoms with E-state index in [9.17, 15) is 0 Å². The van der Waals surface area contributed by atoms with Gasteiger partial charge in [-0.25, -0.2) is 0 Å². The number of nitrogens with zero attached hydrogens (tertiary/aromatic N) is 1. The van der Waals surface area contributed by atoms with Crippen molar-refractivity contribution in [1.82, 2.24) is 4.98 Å². The summed E-state index contributed by atoms with van der Waals surface area (Å²) in [5.41, 5.74) is 2.56. The van der Waals surface area contributed by atoms with Crippen LogP contribution in [0.1, 0.15) is 52.7 Å². The van der Waals surface area contributed by atoms with Crippen molar-refractivity contribution in [3.05, 3.63) is 29.6 Å². The predicted octanol–water partition coefficient (Wildman–Crippen LogP) is 4.78. The minimum absolute atomic E-state index is 1.26. The van der Waals surface area contributed by atoms with Gasteiger partial charge in [0.25, 0.3) is 0 Å². The normalized spacial score (nSPS) is 6.57. The van der Waals surface area contributed by atoms with E-state index >= 15 is 0 Å². The zero-order valence-electron chi connectivity index (χ0n) is 11.2. The molecule has 0 radical (unpaired) electrons. The van der Waals surface area contributed by atoms with E-state index in [1.807, 2.05) is 60.0 Å². The van der Waals surface area contributed by atoms with Crippen molar-refractivity contribution >= 4 is 0 Å². The van der Waals surface area contributed by atoms with Crippen LogP contribution >= 0.6 is 0 Å². The first-order chi connectivity index (χ1) is 6.80. The van der Waals surface area contributed by atoms with Crippen molar-refractivity contribution in [3.8, 4) is 0 Å². The van der Waals surface area contributed by atoms with Gasteiger partial charge in [0.2, 0.25) is 0 Å². The molecule has 0 aliphatic heterocycles. The molecule has 0 N–H and O–H groups in total. The zero-order valence-corrected chi connectivity index (χ0v) is 11.2. The van der Waals surface area contributed by atoms with Gasteiger partial charge in [-0.15, -0.1) is 0 Å². The lowest BCUT2D eigenvalue weighted by molar-refractivity contribution is 1.22. The van der Waals surface area contributed by atoms with Gasteiger partial charge in [0.1, 0.15) is 0 Å². The number of hydrogen-bond donors (Lipinski definition) is 0. The van der Waals surface area contributed by atoms with Gasteiger partial charge < -0.3 is 0 Å². The van der Waals surface area contributed by atoms with E-state index in [0.29, 0.717) is 0 Å². The Bertz CT molecular complexity index is 161. The lowest BCUT2D eigenvalue weighted by atomic mass is 10.2. The van der Waals surface area contributed by atoms with Crippen molar-refractivity contribution in [2.75, 3.05) is 0 Å². The fourth-order valence-electron chi connectivity index (χ4n) is 0.543. The smallest absolute Gasteiger partial charge is 0.0299 e. The minimum atomic E-state index is 1.26. The summed E-state index contributed by atoms with van der Waals surface area (Å²) in [6, 6.07) is 2.01. The maximum absolute atomic E-state index is 3.95. The van der Waals surface area contributed by atoms with Crippen LogP contribution in [0.5, 0.6) is 0 Å². The second-order valence-corrected chi connectivity index (χ2v) is 1.96. The Labute approximate surface area is 90.6 Å². The SMILES string of the molecule is CC.CC.CC.Cc1ccncc1C. The summed E-state index contributed by atoms with van der Waals surface area (Å²) < 4.78 is 0. The highest BCUT2D eigenvalue weighted by Gasteiger charge is 1.84. The third-order valence-electron chi connectivity index (χ3n) is 1.30. The Morgan fingerprint density at radius 1 is 0.786 bits per heavy atom. The maximum atomic E-state index is 3.95. The van der Waals surface area contributed by atoms with Gasteiger partial charge in [-0.05, 0) is 31.0 Å². The van der Waals surface area contributed by atoms with Crippen LogP contribution in [0.15, 0.2) is 18.5 Å². The minimum Gasteiger partial charge on any atom is -0.264 e. The standard InChI is InChI=1S/C7H9N.3C2H6/c1-6-3-4-8-5-7(6)2;3*1-2/h3-5H,1-2H3;3*1-2H3. The molecule has 0 saturated carbocycles. The first kappa shape index (κ1) is 18.8. The molecule has 0 aliphatic rings. The molecule has 0 amide bonds. The van der Waals surface area contributed by atoms with Crippen LogP contribution in [-0.2, 0) is 0 Å². The Hall–Kier alpha value is -0.850. The van der Waals surface area contributed by atoms with Crippen LogP contribution in [0, 0.1) is 13.8 Å². The maximum Gasteiger partial charge on any atom is 0.0299 e. The van der Waals surface area contributed by atoms with Gasteiger partial charge in [0, 0.05) is 12.4 Å². The molecule has 1 aromatic heterocycles. The number of rotatable bonds is 0. The summed E-state index contributed by atoms with van der Waals surface area (Å²) in [5.74, 6) is 0. The molecule has 0 fully saturated rings. The first-order valence-corrected chi connectivity index (χ1v) is 5.68. The van der Waals surface area contributed by atoms with Gasteiger partial charge in [-0.3, -0.25) is 4.98 Å². The van der Waals surface area contributed by atoms with Crippen molar-refractivity contribution in [3.63, 3.8) is 0 Å². The molecule has 0 saturated heterocycles. The summed E-state index contributed by atoms with van der Waals surface area (Å²) in [7, 11) is 0. The highest BCUT2D eigenvalue weighted by atomic mass is 14.6. The van der Waals surface area contributed by atoms with Crippen LogP contribution in [-0.4, -0.2) is 4.98 Å². The lowest BCUT2D eigenvalue weighted by Crippen LogP contribution is -1.78. The Kier molecular flexibility index (Phi) is 24.3. The van der Waals surface area contributed by atoms with Crippen LogP contribution < -0.4 is 0 Å². The highest BCUT2D eigenvalue weighted by molar-refractivity contribution is 5.18. The summed E-state index contributed by atoms with van der Waals surface area (Å²) in [6.07, 6.45) is 3.68. The average Bonchev–Trinajstić information content (AvgIpc) is 2.31. The molecule has 1 rings (SSSR count). The third-order valence-corrected chi connectivity index (χ3v) is 1.30.